The Bertz CT molecular complexity index is 505. The second-order valence-corrected chi connectivity index (χ2v) is 9.18. The number of rotatable bonds is 22. The second-order valence-electron chi connectivity index (χ2n) is 9.18. The third kappa shape index (κ3) is 17.8. The molecule has 31 heavy (non-hydrogen) atoms. The van der Waals surface area contributed by atoms with Gasteiger partial charge in [0.25, 0.3) is 0 Å². The standard InChI is InChI=1S/C26H48N2O3/c1-5-6-7-8-9-10-11-12-13-14-15-16-17-18-19-22(2)24(4)27-25(26(30)28-31)21-20-23(3)29/h22,25,27H,4-21H2,1-3H3/t22?,25-/m0/s1. The van der Waals surface area contributed by atoms with E-state index in [1.807, 2.05) is 0 Å². The predicted molar refractivity (Wildman–Crippen MR) is 131 cm³/mol. The zero-order valence-electron chi connectivity index (χ0n) is 20.6. The highest BCUT2D eigenvalue weighted by Gasteiger charge is 2.21. The molecule has 0 rings (SSSR count). The van der Waals surface area contributed by atoms with E-state index < -0.39 is 11.9 Å². The van der Waals surface area contributed by atoms with Crippen molar-refractivity contribution in [2.24, 2.45) is 11.1 Å². The molecule has 2 atom stereocenters. The van der Waals surface area contributed by atoms with E-state index in [4.69, 9.17) is 0 Å². The van der Waals surface area contributed by atoms with Gasteiger partial charge in [-0.15, -0.1) is 4.91 Å². The lowest BCUT2D eigenvalue weighted by Crippen LogP contribution is -2.36. The molecule has 5 nitrogen and oxygen atoms in total. The van der Waals surface area contributed by atoms with Crippen LogP contribution in [0.4, 0.5) is 0 Å². The number of carbonyl (C=O) groups excluding carboxylic acids is 2. The topological polar surface area (TPSA) is 75.6 Å². The Kier molecular flexibility index (Phi) is 19.4. The Morgan fingerprint density at radius 2 is 1.26 bits per heavy atom. The van der Waals surface area contributed by atoms with E-state index in [1.54, 1.807) is 0 Å². The predicted octanol–water partition coefficient (Wildman–Crippen LogP) is 7.63. The van der Waals surface area contributed by atoms with E-state index in [1.165, 1.54) is 90.4 Å². The Labute approximate surface area is 191 Å². The van der Waals surface area contributed by atoms with Crippen LogP contribution in [-0.2, 0) is 9.59 Å². The van der Waals surface area contributed by atoms with Crippen LogP contribution in [-0.4, -0.2) is 17.7 Å². The molecule has 1 amide bonds. The minimum Gasteiger partial charge on any atom is -0.377 e. The van der Waals surface area contributed by atoms with Crippen molar-refractivity contribution in [3.8, 4) is 0 Å². The third-order valence-electron chi connectivity index (χ3n) is 6.12. The fraction of sp³-hybridized carbons (Fsp3) is 0.846. The maximum Gasteiger partial charge on any atom is 0.308 e. The number of carbonyl (C=O) groups is 2. The molecule has 0 aromatic rings. The zero-order chi connectivity index (χ0) is 23.3. The summed E-state index contributed by atoms with van der Waals surface area (Å²) in [6.45, 7) is 9.85. The lowest BCUT2D eigenvalue weighted by molar-refractivity contribution is -0.120. The van der Waals surface area contributed by atoms with Crippen molar-refractivity contribution in [2.75, 3.05) is 0 Å². The molecule has 0 heterocycles. The van der Waals surface area contributed by atoms with Crippen LogP contribution in [0, 0.1) is 10.8 Å². The molecule has 0 spiro atoms. The molecule has 0 aliphatic rings. The average Bonchev–Trinajstić information content (AvgIpc) is 2.75. The van der Waals surface area contributed by atoms with Gasteiger partial charge in [0.1, 0.15) is 11.8 Å². The molecular weight excluding hydrogens is 388 g/mol. The first-order valence-corrected chi connectivity index (χ1v) is 12.7. The van der Waals surface area contributed by atoms with Crippen molar-refractivity contribution in [3.05, 3.63) is 17.2 Å². The molecule has 0 aromatic heterocycles. The fourth-order valence-corrected chi connectivity index (χ4v) is 3.85. The monoisotopic (exact) mass is 436 g/mol. The summed E-state index contributed by atoms with van der Waals surface area (Å²) in [5.41, 5.74) is 0.750. The fourth-order valence-electron chi connectivity index (χ4n) is 3.85. The Morgan fingerprint density at radius 3 is 1.68 bits per heavy atom. The second kappa shape index (κ2) is 20.4. The quantitative estimate of drug-likeness (QED) is 0.140. The van der Waals surface area contributed by atoms with Crippen LogP contribution >= 0.6 is 0 Å². The number of ketones is 1. The van der Waals surface area contributed by atoms with Crippen molar-refractivity contribution in [1.29, 1.82) is 0 Å². The molecule has 0 fully saturated rings. The van der Waals surface area contributed by atoms with E-state index in [0.717, 1.165) is 18.5 Å². The highest BCUT2D eigenvalue weighted by atomic mass is 16.3. The summed E-state index contributed by atoms with van der Waals surface area (Å²) >= 11 is 0. The largest absolute Gasteiger partial charge is 0.377 e. The molecule has 0 aromatic carbocycles. The van der Waals surface area contributed by atoms with Crippen LogP contribution in [0.1, 0.15) is 130 Å². The lowest BCUT2D eigenvalue weighted by atomic mass is 9.98. The number of hydrogen-bond acceptors (Lipinski definition) is 4. The van der Waals surface area contributed by atoms with Crippen molar-refractivity contribution >= 4 is 11.7 Å². The molecular formula is C26H48N2O3. The van der Waals surface area contributed by atoms with Gasteiger partial charge in [0.15, 0.2) is 0 Å². The number of Topliss-reactive ketones (excluding diaryl/α,β-unsaturated/α-hetero) is 1. The van der Waals surface area contributed by atoms with Gasteiger partial charge in [0, 0.05) is 17.3 Å². The first kappa shape index (κ1) is 29.5. The van der Waals surface area contributed by atoms with Gasteiger partial charge in [0.2, 0.25) is 0 Å². The summed E-state index contributed by atoms with van der Waals surface area (Å²) in [6.07, 6.45) is 20.3. The molecule has 0 aliphatic heterocycles. The van der Waals surface area contributed by atoms with Gasteiger partial charge < -0.3 is 10.1 Å². The van der Waals surface area contributed by atoms with E-state index >= 15 is 0 Å². The summed E-state index contributed by atoms with van der Waals surface area (Å²) in [4.78, 5) is 33.5. The maximum absolute atomic E-state index is 11.7. The van der Waals surface area contributed by atoms with Gasteiger partial charge >= 0.3 is 5.91 Å². The van der Waals surface area contributed by atoms with Gasteiger partial charge in [-0.05, 0) is 25.7 Å². The number of hydrogen-bond donors (Lipinski definition) is 1. The Hall–Kier alpha value is -1.52. The smallest absolute Gasteiger partial charge is 0.308 e. The number of amides is 1. The summed E-state index contributed by atoms with van der Waals surface area (Å²) in [6, 6.07) is -0.743. The minimum atomic E-state index is -0.758. The van der Waals surface area contributed by atoms with Gasteiger partial charge in [-0.2, -0.15) is 0 Å². The first-order valence-electron chi connectivity index (χ1n) is 12.7. The summed E-state index contributed by atoms with van der Waals surface area (Å²) in [5.74, 6) is -0.547. The van der Waals surface area contributed by atoms with E-state index in [9.17, 15) is 14.5 Å². The zero-order valence-corrected chi connectivity index (χ0v) is 20.6. The Morgan fingerprint density at radius 1 is 0.806 bits per heavy atom. The molecule has 0 saturated heterocycles. The van der Waals surface area contributed by atoms with Crippen molar-refractivity contribution < 1.29 is 9.59 Å². The molecule has 1 N–H and O–H groups in total. The lowest BCUT2D eigenvalue weighted by Gasteiger charge is -2.21. The number of allylic oxidation sites excluding steroid dienone is 1. The van der Waals surface area contributed by atoms with Gasteiger partial charge in [-0.1, -0.05) is 110 Å². The molecule has 1 unspecified atom stereocenters. The average molecular weight is 437 g/mol. The number of nitroso groups, excluding NO2 is 1. The van der Waals surface area contributed by atoms with Gasteiger partial charge in [-0.3, -0.25) is 4.79 Å². The number of nitrogens with zero attached hydrogens (tertiary/aromatic N) is 1. The highest BCUT2D eigenvalue weighted by Crippen LogP contribution is 2.18. The summed E-state index contributed by atoms with van der Waals surface area (Å²) < 4.78 is 0. The van der Waals surface area contributed by atoms with E-state index in [0.29, 0.717) is 0 Å². The third-order valence-corrected chi connectivity index (χ3v) is 6.12. The Balaban J connectivity index is 3.73. The van der Waals surface area contributed by atoms with Gasteiger partial charge in [-0.25, -0.2) is 0 Å². The highest BCUT2D eigenvalue weighted by molar-refractivity contribution is 5.83. The van der Waals surface area contributed by atoms with E-state index in [2.05, 4.69) is 30.9 Å². The van der Waals surface area contributed by atoms with Crippen LogP contribution < -0.4 is 5.32 Å². The molecule has 0 radical (unpaired) electrons. The van der Waals surface area contributed by atoms with Crippen LogP contribution in [0.3, 0.4) is 0 Å². The SMILES string of the molecule is C=C(N[C@@H](CCC(C)=O)C(=O)N=O)C(C)CCCCCCCCCCCCCCCC. The molecule has 0 aliphatic carbocycles. The first-order chi connectivity index (χ1) is 14.9. The van der Waals surface area contributed by atoms with Crippen LogP contribution in [0.5, 0.6) is 0 Å². The van der Waals surface area contributed by atoms with Crippen molar-refractivity contribution in [1.82, 2.24) is 5.32 Å². The number of unbranched alkanes of at least 4 members (excludes halogenated alkanes) is 13. The van der Waals surface area contributed by atoms with Crippen LogP contribution in [0.25, 0.3) is 0 Å². The normalized spacial score (nSPS) is 12.9. The van der Waals surface area contributed by atoms with Crippen LogP contribution in [0.2, 0.25) is 0 Å². The summed E-state index contributed by atoms with van der Waals surface area (Å²) in [5, 5.41) is 5.55. The van der Waals surface area contributed by atoms with Crippen molar-refractivity contribution in [2.45, 2.75) is 136 Å². The van der Waals surface area contributed by atoms with Gasteiger partial charge in [0.05, 0.1) is 0 Å². The molecule has 0 saturated carbocycles. The van der Waals surface area contributed by atoms with Crippen molar-refractivity contribution in [3.63, 3.8) is 0 Å². The van der Waals surface area contributed by atoms with Crippen LogP contribution in [0.15, 0.2) is 17.5 Å². The molecule has 0 bridgehead atoms. The minimum absolute atomic E-state index is 0.00781. The molecule has 180 valence electrons. The molecule has 5 heteroatoms. The summed E-state index contributed by atoms with van der Waals surface area (Å²) in [7, 11) is 0. The maximum atomic E-state index is 11.7. The number of nitrogens with one attached hydrogen (secondary N) is 1. The van der Waals surface area contributed by atoms with E-state index in [-0.39, 0.29) is 24.5 Å².